The summed E-state index contributed by atoms with van der Waals surface area (Å²) < 4.78 is 0. The quantitative estimate of drug-likeness (QED) is 0.305. The number of hydrogen-bond acceptors (Lipinski definition) is 4. The van der Waals surface area contributed by atoms with E-state index in [2.05, 4.69) is 5.32 Å². The van der Waals surface area contributed by atoms with Crippen LogP contribution in [0.25, 0.3) is 22.3 Å². The number of nitrogens with zero attached hydrogens (tertiary/aromatic N) is 2. The first kappa shape index (κ1) is 24.1. The van der Waals surface area contributed by atoms with Crippen molar-refractivity contribution in [1.82, 2.24) is 15.3 Å². The number of aryl methyl sites for hydroxylation is 1. The fraction of sp³-hybridized carbons (Fsp3) is 0.241. The Labute approximate surface area is 205 Å². The van der Waals surface area contributed by atoms with Gasteiger partial charge in [-0.1, -0.05) is 60.7 Å². The van der Waals surface area contributed by atoms with Crippen molar-refractivity contribution in [3.63, 3.8) is 0 Å². The van der Waals surface area contributed by atoms with Crippen molar-refractivity contribution in [1.29, 1.82) is 0 Å². The van der Waals surface area contributed by atoms with Crippen LogP contribution < -0.4 is 5.32 Å². The van der Waals surface area contributed by atoms with E-state index in [-0.39, 0.29) is 12.3 Å². The van der Waals surface area contributed by atoms with Gasteiger partial charge in [-0.15, -0.1) is 0 Å². The lowest BCUT2D eigenvalue weighted by atomic mass is 9.94. The van der Waals surface area contributed by atoms with Gasteiger partial charge >= 0.3 is 5.97 Å². The Kier molecular flexibility index (Phi) is 7.20. The zero-order valence-electron chi connectivity index (χ0n) is 20.0. The van der Waals surface area contributed by atoms with E-state index in [0.717, 1.165) is 22.5 Å². The summed E-state index contributed by atoms with van der Waals surface area (Å²) in [6, 6.07) is 25.1. The first-order valence-electron chi connectivity index (χ1n) is 11.8. The summed E-state index contributed by atoms with van der Waals surface area (Å²) in [5.41, 5.74) is 4.89. The monoisotopic (exact) mass is 467 g/mol. The van der Waals surface area contributed by atoms with E-state index >= 15 is 0 Å². The van der Waals surface area contributed by atoms with Crippen molar-refractivity contribution in [3.8, 4) is 11.3 Å². The first-order chi connectivity index (χ1) is 16.8. The van der Waals surface area contributed by atoms with Gasteiger partial charge in [0.25, 0.3) is 5.91 Å². The van der Waals surface area contributed by atoms with Crippen LogP contribution in [0.3, 0.4) is 0 Å². The maximum absolute atomic E-state index is 13.1. The van der Waals surface area contributed by atoms with Gasteiger partial charge in [0.1, 0.15) is 0 Å². The van der Waals surface area contributed by atoms with Gasteiger partial charge in [-0.3, -0.25) is 9.59 Å². The lowest BCUT2D eigenvalue weighted by Gasteiger charge is -2.27. The smallest absolute Gasteiger partial charge is 0.303 e. The molecule has 1 aromatic heterocycles. The molecule has 0 saturated heterocycles. The molecular weight excluding hydrogens is 438 g/mol. The molecule has 0 aliphatic carbocycles. The number of carboxylic acid groups (broad SMARTS) is 1. The lowest BCUT2D eigenvalue weighted by molar-refractivity contribution is -0.137. The first-order valence-corrected chi connectivity index (χ1v) is 11.8. The molecule has 0 spiro atoms. The molecule has 6 heteroatoms. The number of fused-ring (bicyclic) bond motifs is 1. The van der Waals surface area contributed by atoms with Crippen molar-refractivity contribution in [3.05, 3.63) is 95.7 Å². The fourth-order valence-corrected chi connectivity index (χ4v) is 4.09. The molecule has 0 aliphatic heterocycles. The van der Waals surface area contributed by atoms with Gasteiger partial charge < -0.3 is 10.4 Å². The van der Waals surface area contributed by atoms with Gasteiger partial charge in [-0.25, -0.2) is 9.97 Å². The third kappa shape index (κ3) is 5.90. The Bertz CT molecular complexity index is 1340. The van der Waals surface area contributed by atoms with Crippen LogP contribution in [-0.2, 0) is 16.8 Å². The standard InChI is InChI=1S/C29H29N3O3/c1-29(2,22-13-7-4-8-14-22)32-28(35)21-17-18-23-25(19-21)30-24(15-9-10-16-26(33)34)27(31-23)20-11-5-3-6-12-20/h3-8,11-14,17-19H,9-10,15-16H2,1-2H3,(H,32,35)(H,33,34). The lowest BCUT2D eigenvalue weighted by Crippen LogP contribution is -2.40. The molecule has 0 atom stereocenters. The predicted octanol–water partition coefficient (Wildman–Crippen LogP) is 5.76. The van der Waals surface area contributed by atoms with Crippen molar-refractivity contribution < 1.29 is 14.7 Å². The Hall–Kier alpha value is -4.06. The number of carbonyl (C=O) groups excluding carboxylic acids is 1. The molecule has 35 heavy (non-hydrogen) atoms. The van der Waals surface area contributed by atoms with Crippen molar-refractivity contribution in [2.45, 2.75) is 45.1 Å². The minimum absolute atomic E-state index is 0.128. The highest BCUT2D eigenvalue weighted by molar-refractivity contribution is 5.98. The second-order valence-electron chi connectivity index (χ2n) is 9.13. The van der Waals surface area contributed by atoms with Crippen LogP contribution in [0.4, 0.5) is 0 Å². The topological polar surface area (TPSA) is 92.2 Å². The van der Waals surface area contributed by atoms with Gasteiger partial charge in [0.15, 0.2) is 0 Å². The summed E-state index contributed by atoms with van der Waals surface area (Å²) in [6.45, 7) is 3.95. The Morgan fingerprint density at radius 2 is 1.54 bits per heavy atom. The minimum atomic E-state index is -0.799. The number of rotatable bonds is 9. The number of aromatic nitrogens is 2. The van der Waals surface area contributed by atoms with Crippen LogP contribution in [0.1, 0.15) is 54.7 Å². The predicted molar refractivity (Wildman–Crippen MR) is 137 cm³/mol. The van der Waals surface area contributed by atoms with E-state index < -0.39 is 11.5 Å². The molecule has 4 aromatic rings. The van der Waals surface area contributed by atoms with Crippen LogP contribution in [0, 0.1) is 0 Å². The van der Waals surface area contributed by atoms with Crippen molar-refractivity contribution in [2.24, 2.45) is 0 Å². The normalized spacial score (nSPS) is 11.4. The molecule has 0 fully saturated rings. The molecule has 0 saturated carbocycles. The van der Waals surface area contributed by atoms with Crippen LogP contribution in [-0.4, -0.2) is 27.0 Å². The molecule has 2 N–H and O–H groups in total. The number of carbonyl (C=O) groups is 2. The van der Waals surface area contributed by atoms with E-state index in [1.165, 1.54) is 0 Å². The number of hydrogen-bond donors (Lipinski definition) is 2. The summed E-state index contributed by atoms with van der Waals surface area (Å²) in [5, 5.41) is 12.1. The number of aliphatic carboxylic acids is 1. The summed E-state index contributed by atoms with van der Waals surface area (Å²) in [7, 11) is 0. The number of nitrogens with one attached hydrogen (secondary N) is 1. The maximum atomic E-state index is 13.1. The molecule has 0 bridgehead atoms. The average molecular weight is 468 g/mol. The molecule has 6 nitrogen and oxygen atoms in total. The average Bonchev–Trinajstić information content (AvgIpc) is 2.86. The van der Waals surface area contributed by atoms with E-state index in [1.54, 1.807) is 12.1 Å². The Morgan fingerprint density at radius 3 is 2.23 bits per heavy atom. The SMILES string of the molecule is CC(C)(NC(=O)c1ccc2nc(-c3ccccc3)c(CCCCC(=O)O)nc2c1)c1ccccc1. The minimum Gasteiger partial charge on any atom is -0.481 e. The zero-order chi connectivity index (χ0) is 24.8. The summed E-state index contributed by atoms with van der Waals surface area (Å²) in [6.07, 6.45) is 2.00. The number of benzene rings is 3. The number of carboxylic acids is 1. The Morgan fingerprint density at radius 1 is 0.857 bits per heavy atom. The number of amides is 1. The highest BCUT2D eigenvalue weighted by atomic mass is 16.4. The second-order valence-corrected chi connectivity index (χ2v) is 9.13. The van der Waals surface area contributed by atoms with E-state index in [0.29, 0.717) is 35.9 Å². The third-order valence-electron chi connectivity index (χ3n) is 6.02. The van der Waals surface area contributed by atoms with Gasteiger partial charge in [-0.2, -0.15) is 0 Å². The van der Waals surface area contributed by atoms with Gasteiger partial charge in [-0.05, 0) is 56.9 Å². The van der Waals surface area contributed by atoms with Gasteiger partial charge in [0.05, 0.1) is 28.0 Å². The molecule has 178 valence electrons. The highest BCUT2D eigenvalue weighted by Crippen LogP contribution is 2.26. The van der Waals surface area contributed by atoms with Crippen LogP contribution in [0.5, 0.6) is 0 Å². The molecule has 0 unspecified atom stereocenters. The molecule has 4 rings (SSSR count). The summed E-state index contributed by atoms with van der Waals surface area (Å²) >= 11 is 0. The van der Waals surface area contributed by atoms with Crippen LogP contribution in [0.15, 0.2) is 78.9 Å². The summed E-state index contributed by atoms with van der Waals surface area (Å²) in [4.78, 5) is 33.8. The van der Waals surface area contributed by atoms with Gasteiger partial charge in [0.2, 0.25) is 0 Å². The maximum Gasteiger partial charge on any atom is 0.303 e. The fourth-order valence-electron chi connectivity index (χ4n) is 4.09. The Balaban J connectivity index is 1.64. The van der Waals surface area contributed by atoms with Gasteiger partial charge in [0, 0.05) is 17.5 Å². The zero-order valence-corrected chi connectivity index (χ0v) is 20.0. The molecule has 0 aliphatic rings. The van der Waals surface area contributed by atoms with E-state index in [1.807, 2.05) is 80.6 Å². The van der Waals surface area contributed by atoms with Crippen molar-refractivity contribution in [2.75, 3.05) is 0 Å². The number of unbranched alkanes of at least 4 members (excludes halogenated alkanes) is 1. The van der Waals surface area contributed by atoms with Crippen LogP contribution in [0.2, 0.25) is 0 Å². The largest absolute Gasteiger partial charge is 0.481 e. The molecule has 1 amide bonds. The molecule has 0 radical (unpaired) electrons. The molecule has 1 heterocycles. The molecule has 3 aromatic carbocycles. The van der Waals surface area contributed by atoms with E-state index in [9.17, 15) is 9.59 Å². The van der Waals surface area contributed by atoms with E-state index in [4.69, 9.17) is 15.1 Å². The summed E-state index contributed by atoms with van der Waals surface area (Å²) in [5.74, 6) is -0.982. The third-order valence-corrected chi connectivity index (χ3v) is 6.02. The molecular formula is C29H29N3O3. The second kappa shape index (κ2) is 10.5. The van der Waals surface area contributed by atoms with Crippen LogP contribution >= 0.6 is 0 Å². The highest BCUT2D eigenvalue weighted by Gasteiger charge is 2.23. The van der Waals surface area contributed by atoms with Crippen molar-refractivity contribution >= 4 is 22.9 Å².